The van der Waals surface area contributed by atoms with Crippen molar-refractivity contribution < 1.29 is 4.74 Å². The van der Waals surface area contributed by atoms with E-state index in [9.17, 15) is 4.79 Å². The quantitative estimate of drug-likeness (QED) is 0.223. The van der Waals surface area contributed by atoms with Crippen LogP contribution >= 0.6 is 23.5 Å². The number of aromatic amines is 1. The fourth-order valence-electron chi connectivity index (χ4n) is 5.98. The Labute approximate surface area is 248 Å². The Morgan fingerprint density at radius 1 is 1.05 bits per heavy atom. The van der Waals surface area contributed by atoms with E-state index in [1.807, 2.05) is 29.6 Å². The zero-order valence-electron chi connectivity index (χ0n) is 22.9. The molecule has 0 radical (unpaired) electrons. The van der Waals surface area contributed by atoms with Gasteiger partial charge < -0.3 is 25.3 Å². The molecule has 3 N–H and O–H groups in total. The predicted octanol–water partition coefficient (Wildman–Crippen LogP) is 6.03. The van der Waals surface area contributed by atoms with E-state index in [1.54, 1.807) is 12.3 Å². The summed E-state index contributed by atoms with van der Waals surface area (Å²) in [5, 5.41) is 7.38. The average Bonchev–Trinajstić information content (AvgIpc) is 3.53. The summed E-state index contributed by atoms with van der Waals surface area (Å²) in [5.74, 6) is 0.495. The lowest BCUT2D eigenvalue weighted by atomic mass is 9.95. The maximum atomic E-state index is 11.9. The van der Waals surface area contributed by atoms with Crippen molar-refractivity contribution in [2.45, 2.75) is 45.1 Å². The summed E-state index contributed by atoms with van der Waals surface area (Å²) in [6, 6.07) is 23.4. The van der Waals surface area contributed by atoms with Gasteiger partial charge in [0.15, 0.2) is 0 Å². The zero-order chi connectivity index (χ0) is 27.8. The molecule has 9 heteroatoms. The van der Waals surface area contributed by atoms with Crippen molar-refractivity contribution in [3.63, 3.8) is 0 Å². The van der Waals surface area contributed by atoms with E-state index in [4.69, 9.17) is 9.72 Å². The summed E-state index contributed by atoms with van der Waals surface area (Å²) < 4.78 is 6.29. The zero-order valence-corrected chi connectivity index (χ0v) is 24.6. The first-order valence-corrected chi connectivity index (χ1v) is 15.8. The summed E-state index contributed by atoms with van der Waals surface area (Å²) in [6.45, 7) is 6.22. The van der Waals surface area contributed by atoms with Gasteiger partial charge in [0.2, 0.25) is 5.56 Å². The van der Waals surface area contributed by atoms with Crippen LogP contribution in [-0.4, -0.2) is 42.8 Å². The molecule has 0 spiro atoms. The molecule has 3 aliphatic heterocycles. The number of hydrogen-bond acceptors (Lipinski definition) is 8. The van der Waals surface area contributed by atoms with E-state index in [-0.39, 0.29) is 17.7 Å². The van der Waals surface area contributed by atoms with Crippen molar-refractivity contribution in [2.75, 3.05) is 43.0 Å². The van der Waals surface area contributed by atoms with Crippen molar-refractivity contribution in [3.05, 3.63) is 100 Å². The Hall–Kier alpha value is -3.24. The molecule has 7 rings (SSSR count). The molecule has 0 saturated carbocycles. The number of ether oxygens (including phenoxy) is 1. The van der Waals surface area contributed by atoms with Crippen molar-refractivity contribution in [3.8, 4) is 0 Å². The number of aromatic nitrogens is 2. The molecule has 3 unspecified atom stereocenters. The summed E-state index contributed by atoms with van der Waals surface area (Å²) in [7, 11) is 0. The first-order valence-electron chi connectivity index (χ1n) is 14.2. The molecular formula is C32H33N5O2S2. The summed E-state index contributed by atoms with van der Waals surface area (Å²) in [5.41, 5.74) is 5.35. The van der Waals surface area contributed by atoms with Crippen LogP contribution in [0.25, 0.3) is 0 Å². The van der Waals surface area contributed by atoms with Crippen molar-refractivity contribution >= 4 is 34.9 Å². The largest absolute Gasteiger partial charge is 0.376 e. The molecule has 3 atom stereocenters. The van der Waals surface area contributed by atoms with E-state index >= 15 is 0 Å². The van der Waals surface area contributed by atoms with Gasteiger partial charge >= 0.3 is 0 Å². The first kappa shape index (κ1) is 26.6. The van der Waals surface area contributed by atoms with E-state index < -0.39 is 0 Å². The van der Waals surface area contributed by atoms with Crippen LogP contribution in [0.3, 0.4) is 0 Å². The predicted molar refractivity (Wildman–Crippen MR) is 165 cm³/mol. The summed E-state index contributed by atoms with van der Waals surface area (Å²) >= 11 is 3.66. The second kappa shape index (κ2) is 11.6. The highest BCUT2D eigenvalue weighted by Gasteiger charge is 2.30. The third-order valence-electron chi connectivity index (χ3n) is 8.04. The van der Waals surface area contributed by atoms with Gasteiger partial charge in [0, 0.05) is 68.5 Å². The lowest BCUT2D eigenvalue weighted by Gasteiger charge is -2.36. The highest BCUT2D eigenvalue weighted by atomic mass is 32.2. The lowest BCUT2D eigenvalue weighted by molar-refractivity contribution is 0.0379. The van der Waals surface area contributed by atoms with E-state index in [0.29, 0.717) is 19.1 Å². The van der Waals surface area contributed by atoms with Crippen LogP contribution in [0, 0.1) is 12.8 Å². The normalized spacial score (nSPS) is 20.8. The number of anilines is 2. The standard InChI is InChI=1S/C32H33N5O2S2/c1-20-4-2-6-25(35-20)31(21-10-12-33-18-21)36-22-8-9-27-29(16-22)40-28-7-3-5-24(32(28)41-27)26-19-37(14-15-39-26)23-11-13-34-30(38)17-23/h2-9,11,13,16-17,21,26,31,33,36H,10,12,14-15,18-19H2,1H3,(H,34,38). The van der Waals surface area contributed by atoms with Gasteiger partial charge in [-0.05, 0) is 73.8 Å². The third-order valence-corrected chi connectivity index (χ3v) is 10.7. The fourth-order valence-corrected chi connectivity index (χ4v) is 8.43. The van der Waals surface area contributed by atoms with Gasteiger partial charge in [-0.1, -0.05) is 41.7 Å². The number of rotatable bonds is 6. The second-order valence-corrected chi connectivity index (χ2v) is 13.0. The number of pyridine rings is 2. The molecule has 2 saturated heterocycles. The minimum Gasteiger partial charge on any atom is -0.376 e. The average molecular weight is 584 g/mol. The second-order valence-electron chi connectivity index (χ2n) is 10.8. The molecule has 4 aromatic rings. The van der Waals surface area contributed by atoms with Crippen molar-refractivity contribution in [1.29, 1.82) is 0 Å². The molecular weight excluding hydrogens is 551 g/mol. The highest BCUT2D eigenvalue weighted by Crippen LogP contribution is 2.52. The molecule has 41 heavy (non-hydrogen) atoms. The molecule has 0 bridgehead atoms. The van der Waals surface area contributed by atoms with Crippen LogP contribution in [-0.2, 0) is 4.74 Å². The van der Waals surface area contributed by atoms with Gasteiger partial charge in [0.1, 0.15) is 6.10 Å². The molecule has 2 fully saturated rings. The number of hydrogen-bond donors (Lipinski definition) is 3. The third kappa shape index (κ3) is 5.64. The van der Waals surface area contributed by atoms with E-state index in [2.05, 4.69) is 82.0 Å². The molecule has 210 valence electrons. The smallest absolute Gasteiger partial charge is 0.249 e. The Morgan fingerprint density at radius 2 is 1.98 bits per heavy atom. The number of H-pyrrole nitrogens is 1. The van der Waals surface area contributed by atoms with Gasteiger partial charge in [0.25, 0.3) is 0 Å². The molecule has 0 amide bonds. The summed E-state index contributed by atoms with van der Waals surface area (Å²) in [6.07, 6.45) is 2.79. The molecule has 7 nitrogen and oxygen atoms in total. The van der Waals surface area contributed by atoms with Crippen LogP contribution in [0.1, 0.15) is 35.5 Å². The summed E-state index contributed by atoms with van der Waals surface area (Å²) in [4.78, 5) is 26.8. The van der Waals surface area contributed by atoms with Gasteiger partial charge in [-0.2, -0.15) is 0 Å². The topological polar surface area (TPSA) is 82.3 Å². The van der Waals surface area contributed by atoms with Gasteiger partial charge in [-0.15, -0.1) is 0 Å². The molecule has 5 heterocycles. The fraction of sp³-hybridized carbons (Fsp3) is 0.312. The highest BCUT2D eigenvalue weighted by molar-refractivity contribution is 8.05. The van der Waals surface area contributed by atoms with Crippen LogP contribution < -0.4 is 21.1 Å². The number of fused-ring (bicyclic) bond motifs is 2. The number of morpholine rings is 1. The molecule has 0 aliphatic carbocycles. The van der Waals surface area contributed by atoms with Crippen molar-refractivity contribution in [1.82, 2.24) is 15.3 Å². The van der Waals surface area contributed by atoms with Crippen LogP contribution in [0.4, 0.5) is 11.4 Å². The van der Waals surface area contributed by atoms with Crippen LogP contribution in [0.2, 0.25) is 0 Å². The Kier molecular flexibility index (Phi) is 7.51. The Balaban J connectivity index is 1.13. The lowest BCUT2D eigenvalue weighted by Crippen LogP contribution is -2.39. The maximum absolute atomic E-state index is 11.9. The SMILES string of the molecule is Cc1cccc(C(Nc2ccc3c(c2)Sc2cccc(C4CN(c5cc[nH]c(=O)c5)CCO4)c2S3)C2CCNC2)n1. The number of nitrogens with one attached hydrogen (secondary N) is 3. The number of benzene rings is 2. The minimum absolute atomic E-state index is 0.0591. The molecule has 2 aromatic heterocycles. The molecule has 3 aliphatic rings. The molecule has 2 aromatic carbocycles. The van der Waals surface area contributed by atoms with Gasteiger partial charge in [-0.3, -0.25) is 9.78 Å². The number of nitrogens with zero attached hydrogens (tertiary/aromatic N) is 2. The van der Waals surface area contributed by atoms with Crippen LogP contribution in [0.15, 0.2) is 97.3 Å². The Morgan fingerprint density at radius 3 is 2.83 bits per heavy atom. The van der Waals surface area contributed by atoms with Crippen LogP contribution in [0.5, 0.6) is 0 Å². The van der Waals surface area contributed by atoms with Gasteiger partial charge in [-0.25, -0.2) is 0 Å². The van der Waals surface area contributed by atoms with Crippen molar-refractivity contribution in [2.24, 2.45) is 5.92 Å². The minimum atomic E-state index is -0.0820. The first-order chi connectivity index (χ1) is 20.1. The Bertz CT molecular complexity index is 1620. The maximum Gasteiger partial charge on any atom is 0.249 e. The monoisotopic (exact) mass is 583 g/mol. The van der Waals surface area contributed by atoms with E-state index in [0.717, 1.165) is 48.8 Å². The van der Waals surface area contributed by atoms with Gasteiger partial charge in [0.05, 0.1) is 18.3 Å². The number of aryl methyl sites for hydroxylation is 1. The van der Waals surface area contributed by atoms with E-state index in [1.165, 1.54) is 25.1 Å².